The molecule has 1 N–H and O–H groups in total. The first-order chi connectivity index (χ1) is 4.70. The van der Waals surface area contributed by atoms with Gasteiger partial charge in [-0.15, -0.1) is 0 Å². The molecule has 0 saturated heterocycles. The van der Waals surface area contributed by atoms with Crippen LogP contribution in [0, 0.1) is 0 Å². The first-order valence-electron chi connectivity index (χ1n) is 3.35. The summed E-state index contributed by atoms with van der Waals surface area (Å²) < 4.78 is 0. The second kappa shape index (κ2) is 4.86. The minimum Gasteiger partial charge on any atom is -0.513 e. The molecule has 1 nitrogen and oxygen atoms in total. The second-order valence-electron chi connectivity index (χ2n) is 2.13. The summed E-state index contributed by atoms with van der Waals surface area (Å²) in [5, 5.41) is 8.74. The third-order valence-electron chi connectivity index (χ3n) is 1.34. The molecule has 0 bridgehead atoms. The van der Waals surface area contributed by atoms with Gasteiger partial charge in [0.15, 0.2) is 0 Å². The van der Waals surface area contributed by atoms with E-state index in [1.54, 1.807) is 6.08 Å². The van der Waals surface area contributed by atoms with Crippen molar-refractivity contribution in [3.05, 3.63) is 36.6 Å². The van der Waals surface area contributed by atoms with Crippen molar-refractivity contribution in [1.82, 2.24) is 0 Å². The van der Waals surface area contributed by atoms with Crippen LogP contribution in [0.25, 0.3) is 0 Å². The van der Waals surface area contributed by atoms with E-state index in [4.69, 9.17) is 5.11 Å². The highest BCUT2D eigenvalue weighted by atomic mass is 16.3. The summed E-state index contributed by atoms with van der Waals surface area (Å²) in [4.78, 5) is 0. The van der Waals surface area contributed by atoms with Crippen molar-refractivity contribution in [3.8, 4) is 0 Å². The Morgan fingerprint density at radius 2 is 2.10 bits per heavy atom. The van der Waals surface area contributed by atoms with E-state index in [-0.39, 0.29) is 5.76 Å². The summed E-state index contributed by atoms with van der Waals surface area (Å²) in [5.41, 5.74) is 1.15. The Bertz CT molecular complexity index is 154. The van der Waals surface area contributed by atoms with Gasteiger partial charge in [-0.1, -0.05) is 30.9 Å². The van der Waals surface area contributed by atoms with Gasteiger partial charge in [0.1, 0.15) is 0 Å². The molecular formula is C9H14O. The van der Waals surface area contributed by atoms with E-state index in [1.165, 1.54) is 0 Å². The molecule has 0 aromatic carbocycles. The molecule has 0 rings (SSSR count). The highest BCUT2D eigenvalue weighted by molar-refractivity contribution is 5.15. The van der Waals surface area contributed by atoms with E-state index in [1.807, 2.05) is 13.0 Å². The number of hydrogen-bond donors (Lipinski definition) is 1. The lowest BCUT2D eigenvalue weighted by atomic mass is 10.1. The van der Waals surface area contributed by atoms with Crippen LogP contribution in [0.3, 0.4) is 0 Å². The van der Waals surface area contributed by atoms with Crippen molar-refractivity contribution in [3.63, 3.8) is 0 Å². The van der Waals surface area contributed by atoms with Gasteiger partial charge >= 0.3 is 0 Å². The van der Waals surface area contributed by atoms with E-state index < -0.39 is 0 Å². The van der Waals surface area contributed by atoms with Crippen LogP contribution in [-0.4, -0.2) is 5.11 Å². The molecule has 0 aliphatic carbocycles. The predicted molar refractivity (Wildman–Crippen MR) is 45.0 cm³/mol. The third-order valence-corrected chi connectivity index (χ3v) is 1.34. The van der Waals surface area contributed by atoms with Crippen LogP contribution in [0.1, 0.15) is 19.8 Å². The van der Waals surface area contributed by atoms with E-state index in [2.05, 4.69) is 13.2 Å². The van der Waals surface area contributed by atoms with E-state index in [0.717, 1.165) is 12.0 Å². The molecule has 0 spiro atoms. The lowest BCUT2D eigenvalue weighted by Crippen LogP contribution is -1.81. The summed E-state index contributed by atoms with van der Waals surface area (Å²) in [6, 6.07) is 0. The van der Waals surface area contributed by atoms with E-state index in [9.17, 15) is 0 Å². The fourth-order valence-corrected chi connectivity index (χ4v) is 0.653. The van der Waals surface area contributed by atoms with Crippen molar-refractivity contribution < 1.29 is 5.11 Å². The van der Waals surface area contributed by atoms with Gasteiger partial charge in [0.25, 0.3) is 0 Å². The van der Waals surface area contributed by atoms with Gasteiger partial charge in [-0.3, -0.25) is 0 Å². The molecule has 0 heterocycles. The zero-order chi connectivity index (χ0) is 7.98. The first-order valence-corrected chi connectivity index (χ1v) is 3.35. The van der Waals surface area contributed by atoms with Crippen molar-refractivity contribution in [1.29, 1.82) is 0 Å². The normalized spacial score (nSPS) is 11.1. The van der Waals surface area contributed by atoms with Crippen LogP contribution in [0.15, 0.2) is 36.6 Å². The van der Waals surface area contributed by atoms with Crippen LogP contribution < -0.4 is 0 Å². The first kappa shape index (κ1) is 9.02. The summed E-state index contributed by atoms with van der Waals surface area (Å²) in [6.07, 6.45) is 5.24. The molecule has 0 atom stereocenters. The Balaban J connectivity index is 3.66. The van der Waals surface area contributed by atoms with Gasteiger partial charge < -0.3 is 5.11 Å². The maximum absolute atomic E-state index is 8.74. The average Bonchev–Trinajstić information content (AvgIpc) is 1.90. The minimum absolute atomic E-state index is 0.237. The molecule has 0 fully saturated rings. The molecule has 0 aliphatic rings. The fraction of sp³-hybridized carbons (Fsp3) is 0.333. The van der Waals surface area contributed by atoms with Crippen LogP contribution >= 0.6 is 0 Å². The number of rotatable bonds is 4. The van der Waals surface area contributed by atoms with E-state index >= 15 is 0 Å². The van der Waals surface area contributed by atoms with Gasteiger partial charge in [0, 0.05) is 6.42 Å². The molecule has 10 heavy (non-hydrogen) atoms. The Morgan fingerprint density at radius 3 is 2.40 bits per heavy atom. The highest BCUT2D eigenvalue weighted by Crippen LogP contribution is 2.08. The van der Waals surface area contributed by atoms with Crippen molar-refractivity contribution in [2.24, 2.45) is 0 Å². The lowest BCUT2D eigenvalue weighted by molar-refractivity contribution is 0.391. The molecule has 0 saturated carbocycles. The lowest BCUT2D eigenvalue weighted by Gasteiger charge is -1.98. The van der Waals surface area contributed by atoms with Crippen LogP contribution in [0.5, 0.6) is 0 Å². The smallest absolute Gasteiger partial charge is 0.0854 e. The zero-order valence-corrected chi connectivity index (χ0v) is 6.43. The molecule has 0 aromatic rings. The second-order valence-corrected chi connectivity index (χ2v) is 2.13. The van der Waals surface area contributed by atoms with Gasteiger partial charge in [-0.25, -0.2) is 0 Å². The van der Waals surface area contributed by atoms with Gasteiger partial charge in [-0.2, -0.15) is 0 Å². The number of aliphatic hydroxyl groups excluding tert-OH is 1. The molecule has 0 amide bonds. The summed E-state index contributed by atoms with van der Waals surface area (Å²) in [6.45, 7) is 8.98. The van der Waals surface area contributed by atoms with Crippen molar-refractivity contribution >= 4 is 0 Å². The summed E-state index contributed by atoms with van der Waals surface area (Å²) >= 11 is 0. The molecule has 1 heteroatoms. The monoisotopic (exact) mass is 138 g/mol. The topological polar surface area (TPSA) is 20.2 Å². The largest absolute Gasteiger partial charge is 0.513 e. The Kier molecular flexibility index (Phi) is 4.38. The zero-order valence-electron chi connectivity index (χ0n) is 6.43. The maximum Gasteiger partial charge on any atom is 0.0854 e. The van der Waals surface area contributed by atoms with Gasteiger partial charge in [0.05, 0.1) is 5.76 Å². The Labute approximate surface area is 62.4 Å². The van der Waals surface area contributed by atoms with Crippen LogP contribution in [-0.2, 0) is 0 Å². The SMILES string of the molecule is C=C/C(=C\C)CCC(=C)O. The standard InChI is InChI=1S/C9H14O/c1-4-9(5-2)7-6-8(3)10/h4-5,10H,1,3,6-7H2,2H3/b9-5+. The van der Waals surface area contributed by atoms with Crippen LogP contribution in [0.4, 0.5) is 0 Å². The number of hydrogen-bond acceptors (Lipinski definition) is 1. The third kappa shape index (κ3) is 3.96. The predicted octanol–water partition coefficient (Wildman–Crippen LogP) is 2.97. The number of allylic oxidation sites excluding steroid dienone is 4. The molecule has 0 radical (unpaired) electrons. The molecule has 0 aliphatic heterocycles. The van der Waals surface area contributed by atoms with Crippen molar-refractivity contribution in [2.45, 2.75) is 19.8 Å². The van der Waals surface area contributed by atoms with Gasteiger partial charge in [-0.05, 0) is 13.3 Å². The number of aliphatic hydroxyl groups is 1. The molecular weight excluding hydrogens is 124 g/mol. The minimum atomic E-state index is 0.237. The fourth-order valence-electron chi connectivity index (χ4n) is 0.653. The molecule has 0 aromatic heterocycles. The average molecular weight is 138 g/mol. The summed E-state index contributed by atoms with van der Waals surface area (Å²) in [5.74, 6) is 0.237. The Morgan fingerprint density at radius 1 is 1.50 bits per heavy atom. The van der Waals surface area contributed by atoms with Gasteiger partial charge in [0.2, 0.25) is 0 Å². The summed E-state index contributed by atoms with van der Waals surface area (Å²) in [7, 11) is 0. The Hall–Kier alpha value is -0.980. The van der Waals surface area contributed by atoms with Crippen molar-refractivity contribution in [2.75, 3.05) is 0 Å². The van der Waals surface area contributed by atoms with Crippen LogP contribution in [0.2, 0.25) is 0 Å². The molecule has 56 valence electrons. The van der Waals surface area contributed by atoms with E-state index in [0.29, 0.717) is 6.42 Å². The highest BCUT2D eigenvalue weighted by Gasteiger charge is 1.91. The maximum atomic E-state index is 8.74. The quantitative estimate of drug-likeness (QED) is 0.467. The molecule has 0 unspecified atom stereocenters.